The zero-order valence-electron chi connectivity index (χ0n) is 19.9. The van der Waals surface area contributed by atoms with E-state index in [2.05, 4.69) is 10.5 Å². The van der Waals surface area contributed by atoms with Crippen molar-refractivity contribution in [1.29, 1.82) is 0 Å². The van der Waals surface area contributed by atoms with Gasteiger partial charge in [-0.15, -0.1) is 0 Å². The minimum atomic E-state index is -1.36. The lowest BCUT2D eigenvalue weighted by Crippen LogP contribution is -2.41. The van der Waals surface area contributed by atoms with Gasteiger partial charge in [-0.1, -0.05) is 11.2 Å². The summed E-state index contributed by atoms with van der Waals surface area (Å²) in [5, 5.41) is 6.73. The van der Waals surface area contributed by atoms with Gasteiger partial charge < -0.3 is 19.3 Å². The maximum atomic E-state index is 13.3. The quantitative estimate of drug-likeness (QED) is 0.420. The number of urea groups is 1. The molecule has 178 valence electrons. The maximum absolute atomic E-state index is 13.3. The maximum Gasteiger partial charge on any atom is 0.325 e. The average molecular weight is 466 g/mol. The smallest absolute Gasteiger partial charge is 0.325 e. The van der Waals surface area contributed by atoms with Gasteiger partial charge in [-0.05, 0) is 51.5 Å². The van der Waals surface area contributed by atoms with Gasteiger partial charge >= 0.3 is 6.03 Å². The van der Waals surface area contributed by atoms with E-state index in [9.17, 15) is 14.4 Å². The predicted molar refractivity (Wildman–Crippen MR) is 122 cm³/mol. The monoisotopic (exact) mass is 466 g/mol. The second kappa shape index (κ2) is 8.36. The van der Waals surface area contributed by atoms with Gasteiger partial charge in [-0.3, -0.25) is 19.1 Å². The minimum Gasteiger partial charge on any atom is -0.493 e. The van der Waals surface area contributed by atoms with E-state index in [-0.39, 0.29) is 5.78 Å². The number of carbonyl (C=O) groups excluding carboxylic acids is 3. The molecule has 3 heterocycles. The molecule has 0 bridgehead atoms. The summed E-state index contributed by atoms with van der Waals surface area (Å²) in [6.45, 7) is 6.61. The Hall–Kier alpha value is -4.08. The van der Waals surface area contributed by atoms with Crippen molar-refractivity contribution in [2.75, 3.05) is 20.8 Å². The molecule has 1 saturated heterocycles. The van der Waals surface area contributed by atoms with Gasteiger partial charge in [0.2, 0.25) is 0 Å². The Labute approximate surface area is 196 Å². The Morgan fingerprint density at radius 1 is 1.09 bits per heavy atom. The highest BCUT2D eigenvalue weighted by molar-refractivity contribution is 6.11. The molecule has 2 aromatic heterocycles. The highest BCUT2D eigenvalue weighted by Gasteiger charge is 2.50. The van der Waals surface area contributed by atoms with Gasteiger partial charge in [0, 0.05) is 23.0 Å². The molecular formula is C24H26N4O6. The van der Waals surface area contributed by atoms with Gasteiger partial charge in [-0.25, -0.2) is 4.79 Å². The predicted octanol–water partition coefficient (Wildman–Crippen LogP) is 3.06. The molecule has 34 heavy (non-hydrogen) atoms. The number of hydrogen-bond acceptors (Lipinski definition) is 7. The fraction of sp³-hybridized carbons (Fsp3) is 0.333. The largest absolute Gasteiger partial charge is 0.493 e. The number of nitrogens with zero attached hydrogens (tertiary/aromatic N) is 3. The molecule has 1 aliphatic rings. The number of ether oxygens (including phenoxy) is 2. The van der Waals surface area contributed by atoms with E-state index < -0.39 is 24.0 Å². The number of ketones is 1. The van der Waals surface area contributed by atoms with Crippen LogP contribution in [0.1, 0.15) is 40.0 Å². The minimum absolute atomic E-state index is 0.361. The number of nitrogens with one attached hydrogen (secondary N) is 1. The summed E-state index contributed by atoms with van der Waals surface area (Å²) in [5.74, 6) is 1.23. The first-order valence-corrected chi connectivity index (χ1v) is 10.6. The van der Waals surface area contributed by atoms with Gasteiger partial charge in [0.05, 0.1) is 20.8 Å². The number of aryl methyl sites for hydroxylation is 2. The standard InChI is InChI=1S/C24H26N4O6/c1-13-9-17(15(3)28(13)21-10-14(2)34-26-21)18(29)12-27-22(30)24(4,25-23(27)31)16-7-8-19(32-5)20(11-16)33-6/h7-11H,12H2,1-6H3,(H,25,31). The number of amides is 3. The van der Waals surface area contributed by atoms with Crippen molar-refractivity contribution in [3.8, 4) is 17.3 Å². The third kappa shape index (κ3) is 3.60. The van der Waals surface area contributed by atoms with E-state index in [0.29, 0.717) is 39.9 Å². The number of methoxy groups -OCH3 is 2. The summed E-state index contributed by atoms with van der Waals surface area (Å²) in [4.78, 5) is 40.2. The second-order valence-corrected chi connectivity index (χ2v) is 8.36. The van der Waals surface area contributed by atoms with Crippen LogP contribution in [0.25, 0.3) is 5.82 Å². The van der Waals surface area contributed by atoms with Crippen LogP contribution in [0.3, 0.4) is 0 Å². The summed E-state index contributed by atoms with van der Waals surface area (Å²) in [5.41, 5.74) is 0.981. The number of carbonyl (C=O) groups is 3. The van der Waals surface area contributed by atoms with Crippen LogP contribution >= 0.6 is 0 Å². The number of imide groups is 1. The topological polar surface area (TPSA) is 116 Å². The molecule has 10 heteroatoms. The molecule has 0 aliphatic carbocycles. The molecule has 4 rings (SSSR count). The Morgan fingerprint density at radius 2 is 1.79 bits per heavy atom. The van der Waals surface area contributed by atoms with Crippen LogP contribution in [0.4, 0.5) is 4.79 Å². The molecule has 3 amide bonds. The van der Waals surface area contributed by atoms with E-state index in [1.165, 1.54) is 14.2 Å². The van der Waals surface area contributed by atoms with Crippen LogP contribution in [0, 0.1) is 20.8 Å². The lowest BCUT2D eigenvalue weighted by molar-refractivity contribution is -0.130. The molecule has 1 atom stereocenters. The second-order valence-electron chi connectivity index (χ2n) is 8.36. The third-order valence-corrected chi connectivity index (χ3v) is 6.11. The van der Waals surface area contributed by atoms with E-state index in [1.54, 1.807) is 55.7 Å². The number of rotatable bonds is 7. The first kappa shape index (κ1) is 23.1. The highest BCUT2D eigenvalue weighted by atomic mass is 16.5. The van der Waals surface area contributed by atoms with E-state index in [0.717, 1.165) is 10.6 Å². The van der Waals surface area contributed by atoms with Crippen LogP contribution in [0.15, 0.2) is 34.9 Å². The summed E-state index contributed by atoms with van der Waals surface area (Å²) in [7, 11) is 3.00. The fourth-order valence-electron chi connectivity index (χ4n) is 4.27. The SMILES string of the molecule is COc1ccc(C2(C)NC(=O)N(CC(=O)c3cc(C)n(-c4cc(C)on4)c3C)C2=O)cc1OC. The molecular weight excluding hydrogens is 440 g/mol. The molecule has 10 nitrogen and oxygen atoms in total. The molecule has 1 fully saturated rings. The molecule has 1 unspecified atom stereocenters. The van der Waals surface area contributed by atoms with Crippen molar-refractivity contribution in [3.05, 3.63) is 58.6 Å². The zero-order chi connectivity index (χ0) is 24.8. The van der Waals surface area contributed by atoms with E-state index >= 15 is 0 Å². The van der Waals surface area contributed by atoms with Crippen LogP contribution in [0.5, 0.6) is 11.5 Å². The Morgan fingerprint density at radius 3 is 2.41 bits per heavy atom. The van der Waals surface area contributed by atoms with E-state index in [4.69, 9.17) is 14.0 Å². The normalized spacial score (nSPS) is 17.8. The van der Waals surface area contributed by atoms with Crippen molar-refractivity contribution in [3.63, 3.8) is 0 Å². The first-order valence-electron chi connectivity index (χ1n) is 10.6. The lowest BCUT2D eigenvalue weighted by atomic mass is 9.91. The highest BCUT2D eigenvalue weighted by Crippen LogP contribution is 2.35. The van der Waals surface area contributed by atoms with Gasteiger partial charge in [-0.2, -0.15) is 0 Å². The summed E-state index contributed by atoms with van der Waals surface area (Å²) in [6.07, 6.45) is 0. The number of Topliss-reactive ketones (excluding diaryl/α,β-unsaturated/α-hetero) is 1. The average Bonchev–Trinajstić information content (AvgIpc) is 3.43. The number of benzene rings is 1. The number of aromatic nitrogens is 2. The molecule has 0 spiro atoms. The van der Waals surface area contributed by atoms with Crippen LogP contribution in [-0.2, 0) is 10.3 Å². The molecule has 1 N–H and O–H groups in total. The van der Waals surface area contributed by atoms with Crippen molar-refractivity contribution >= 4 is 17.7 Å². The molecule has 1 aliphatic heterocycles. The van der Waals surface area contributed by atoms with Crippen LogP contribution in [-0.4, -0.2) is 53.1 Å². The van der Waals surface area contributed by atoms with Crippen LogP contribution < -0.4 is 14.8 Å². The Bertz CT molecular complexity index is 1310. The van der Waals surface area contributed by atoms with Crippen molar-refractivity contribution < 1.29 is 28.4 Å². The third-order valence-electron chi connectivity index (χ3n) is 6.11. The van der Waals surface area contributed by atoms with Crippen molar-refractivity contribution in [2.45, 2.75) is 33.2 Å². The summed E-state index contributed by atoms with van der Waals surface area (Å²) >= 11 is 0. The molecule has 0 saturated carbocycles. The van der Waals surface area contributed by atoms with E-state index in [1.807, 2.05) is 6.92 Å². The first-order chi connectivity index (χ1) is 16.1. The Balaban J connectivity index is 1.60. The fourth-order valence-corrected chi connectivity index (χ4v) is 4.27. The lowest BCUT2D eigenvalue weighted by Gasteiger charge is -2.23. The molecule has 3 aromatic rings. The van der Waals surface area contributed by atoms with Crippen LogP contribution in [0.2, 0.25) is 0 Å². The summed E-state index contributed by atoms with van der Waals surface area (Å²) < 4.78 is 17.5. The van der Waals surface area contributed by atoms with Crippen molar-refractivity contribution in [2.24, 2.45) is 0 Å². The van der Waals surface area contributed by atoms with Gasteiger partial charge in [0.1, 0.15) is 11.3 Å². The Kier molecular flexibility index (Phi) is 5.68. The van der Waals surface area contributed by atoms with Gasteiger partial charge in [0.25, 0.3) is 5.91 Å². The van der Waals surface area contributed by atoms with Gasteiger partial charge in [0.15, 0.2) is 23.1 Å². The molecule has 1 aromatic carbocycles. The molecule has 0 radical (unpaired) electrons. The number of hydrogen-bond donors (Lipinski definition) is 1. The van der Waals surface area contributed by atoms with Crippen molar-refractivity contribution in [1.82, 2.24) is 19.9 Å². The zero-order valence-corrected chi connectivity index (χ0v) is 19.9. The summed E-state index contributed by atoms with van der Waals surface area (Å²) in [6, 6.07) is 7.81.